The maximum atomic E-state index is 13.3. The number of ether oxygens (including phenoxy) is 1. The largest absolute Gasteiger partial charge is 0.523 e. The fraction of sp³-hybridized carbons (Fsp3) is 0.565. The van der Waals surface area contributed by atoms with Crippen LogP contribution in [0.1, 0.15) is 38.8 Å². The van der Waals surface area contributed by atoms with Crippen LogP contribution in [-0.4, -0.2) is 59.7 Å². The van der Waals surface area contributed by atoms with Crippen LogP contribution >= 0.6 is 0 Å². The average molecular weight is 501 g/mol. The summed E-state index contributed by atoms with van der Waals surface area (Å²) in [6.07, 6.45) is -1.49. The van der Waals surface area contributed by atoms with Crippen molar-refractivity contribution in [2.75, 3.05) is 25.0 Å². The zero-order valence-electron chi connectivity index (χ0n) is 20.1. The van der Waals surface area contributed by atoms with Gasteiger partial charge < -0.3 is 16.0 Å². The van der Waals surface area contributed by atoms with Crippen LogP contribution in [0.3, 0.4) is 0 Å². The molecule has 1 aliphatic heterocycles. The van der Waals surface area contributed by atoms with E-state index in [0.717, 1.165) is 38.9 Å². The summed E-state index contributed by atoms with van der Waals surface area (Å²) in [6, 6.07) is -0.782. The van der Waals surface area contributed by atoms with Crippen molar-refractivity contribution in [3.8, 4) is 0 Å². The van der Waals surface area contributed by atoms with Crippen molar-refractivity contribution in [1.82, 2.24) is 20.6 Å². The number of aryl methyl sites for hydroxylation is 1. The van der Waals surface area contributed by atoms with Crippen molar-refractivity contribution >= 4 is 23.1 Å². The number of aromatic nitrogens is 2. The summed E-state index contributed by atoms with van der Waals surface area (Å²) in [5, 5.41) is 9.10. The van der Waals surface area contributed by atoms with Crippen molar-refractivity contribution in [2.24, 2.45) is 10.9 Å². The second kappa shape index (κ2) is 13.3. The van der Waals surface area contributed by atoms with Crippen molar-refractivity contribution in [3.63, 3.8) is 0 Å². The Balaban J connectivity index is 2.16. The lowest BCUT2D eigenvalue weighted by Gasteiger charge is -2.23. The summed E-state index contributed by atoms with van der Waals surface area (Å²) in [5.74, 6) is -0.551. The van der Waals surface area contributed by atoms with Crippen LogP contribution < -0.4 is 16.0 Å². The minimum atomic E-state index is -4.94. The van der Waals surface area contributed by atoms with Gasteiger partial charge in [-0.2, -0.15) is 0 Å². The molecule has 0 saturated carbocycles. The maximum Gasteiger partial charge on any atom is 0.523 e. The molecule has 1 aromatic heterocycles. The Morgan fingerprint density at radius 3 is 2.63 bits per heavy atom. The summed E-state index contributed by atoms with van der Waals surface area (Å²) >= 11 is 0. The highest BCUT2D eigenvalue weighted by atomic mass is 19.4. The van der Waals surface area contributed by atoms with Crippen molar-refractivity contribution < 1.29 is 27.1 Å². The number of amides is 1. The molecule has 1 amide bonds. The molecular weight excluding hydrogens is 468 g/mol. The van der Waals surface area contributed by atoms with Gasteiger partial charge in [0.05, 0.1) is 17.6 Å². The number of allylic oxidation sites excluding steroid dienone is 1. The van der Waals surface area contributed by atoms with E-state index in [-0.39, 0.29) is 29.5 Å². The molecule has 2 heterocycles. The van der Waals surface area contributed by atoms with Crippen LogP contribution in [0.15, 0.2) is 35.9 Å². The van der Waals surface area contributed by atoms with E-state index >= 15 is 0 Å². The number of nitrogens with zero attached hydrogens (tertiary/aromatic N) is 3. The summed E-state index contributed by atoms with van der Waals surface area (Å²) in [7, 11) is 0. The monoisotopic (exact) mass is 500 g/mol. The molecule has 194 valence electrons. The summed E-state index contributed by atoms with van der Waals surface area (Å²) in [6.45, 7) is 10.3. The molecule has 3 N–H and O–H groups in total. The third kappa shape index (κ3) is 10.1. The Labute approximate surface area is 202 Å². The topological polar surface area (TPSA) is 101 Å². The first-order chi connectivity index (χ1) is 16.5. The minimum Gasteiger partial charge on any atom is -0.362 e. The number of halogens is 4. The molecule has 2 atom stereocenters. The molecule has 8 nitrogen and oxygen atoms in total. The predicted molar refractivity (Wildman–Crippen MR) is 126 cm³/mol. The smallest absolute Gasteiger partial charge is 0.362 e. The van der Waals surface area contributed by atoms with Crippen LogP contribution in [0.5, 0.6) is 0 Å². The number of hydrogen-bond acceptors (Lipinski definition) is 7. The Hall–Kier alpha value is -2.86. The number of nitrogens with one attached hydrogen (secondary N) is 3. The van der Waals surface area contributed by atoms with E-state index in [0.29, 0.717) is 18.2 Å². The van der Waals surface area contributed by atoms with Gasteiger partial charge in [0.2, 0.25) is 0 Å². The van der Waals surface area contributed by atoms with E-state index in [2.05, 4.69) is 42.2 Å². The number of aliphatic imine (C=N–C) groups is 1. The first-order valence-corrected chi connectivity index (χ1v) is 11.3. The summed E-state index contributed by atoms with van der Waals surface area (Å²) < 4.78 is 55.6. The van der Waals surface area contributed by atoms with Gasteiger partial charge in [0, 0.05) is 19.0 Å². The van der Waals surface area contributed by atoms with E-state index in [1.54, 1.807) is 13.8 Å². The Morgan fingerprint density at radius 1 is 1.34 bits per heavy atom. The highest BCUT2D eigenvalue weighted by molar-refractivity contribution is 6.38. The van der Waals surface area contributed by atoms with Crippen LogP contribution in [0.4, 0.5) is 29.1 Å². The second-order valence-electron chi connectivity index (χ2n) is 8.33. The molecule has 0 bridgehead atoms. The van der Waals surface area contributed by atoms with Crippen molar-refractivity contribution in [2.45, 2.75) is 58.5 Å². The SMILES string of the molecule is C=CC(CC(/C=C(\C)F)OC(F)(F)F)Nc1ncnc(C)c1N=C(C)C(=O)NCC1CCNCC1. The highest BCUT2D eigenvalue weighted by Gasteiger charge is 2.34. The fourth-order valence-electron chi connectivity index (χ4n) is 3.59. The predicted octanol–water partition coefficient (Wildman–Crippen LogP) is 4.13. The molecule has 2 unspecified atom stereocenters. The number of piperidine rings is 1. The van der Waals surface area contributed by atoms with Gasteiger partial charge in [0.25, 0.3) is 5.91 Å². The molecule has 2 rings (SSSR count). The number of rotatable bonds is 11. The standard InChI is InChI=1S/C23H32F4N6O2/c1-5-18(11-19(10-14(2)24)35-23(25,26)27)33-21-20(15(3)30-13-31-21)32-16(4)22(34)29-12-17-6-8-28-9-7-17/h5,10,13,17-19,28H,1,6-9,11-12H2,2-4H3,(H,29,34)(H,30,31,33)/b14-10+,32-16?. The highest BCUT2D eigenvalue weighted by Crippen LogP contribution is 2.28. The van der Waals surface area contributed by atoms with Gasteiger partial charge in [-0.25, -0.2) is 19.4 Å². The Morgan fingerprint density at radius 2 is 2.03 bits per heavy atom. The summed E-state index contributed by atoms with van der Waals surface area (Å²) in [5.41, 5.74) is 0.905. The number of carbonyl (C=O) groups is 1. The second-order valence-corrected chi connectivity index (χ2v) is 8.33. The van der Waals surface area contributed by atoms with Gasteiger partial charge >= 0.3 is 6.36 Å². The third-order valence-corrected chi connectivity index (χ3v) is 5.42. The first-order valence-electron chi connectivity index (χ1n) is 11.3. The number of hydrogen-bond donors (Lipinski definition) is 3. The zero-order valence-corrected chi connectivity index (χ0v) is 20.1. The maximum absolute atomic E-state index is 13.3. The van der Waals surface area contributed by atoms with Gasteiger partial charge in [-0.1, -0.05) is 6.08 Å². The van der Waals surface area contributed by atoms with E-state index < -0.39 is 24.3 Å². The Bertz CT molecular complexity index is 925. The fourth-order valence-corrected chi connectivity index (χ4v) is 3.59. The number of alkyl halides is 3. The molecule has 35 heavy (non-hydrogen) atoms. The number of anilines is 1. The van der Waals surface area contributed by atoms with E-state index in [1.165, 1.54) is 12.4 Å². The molecule has 12 heteroatoms. The third-order valence-electron chi connectivity index (χ3n) is 5.42. The molecule has 1 aliphatic rings. The van der Waals surface area contributed by atoms with E-state index in [1.807, 2.05) is 0 Å². The average Bonchev–Trinajstić information content (AvgIpc) is 2.78. The van der Waals surface area contributed by atoms with Gasteiger partial charge in [-0.05, 0) is 58.7 Å². The molecule has 1 fully saturated rings. The van der Waals surface area contributed by atoms with Gasteiger partial charge in [0.1, 0.15) is 17.7 Å². The lowest BCUT2D eigenvalue weighted by atomic mass is 9.98. The minimum absolute atomic E-state index is 0.185. The molecule has 1 aromatic rings. The van der Waals surface area contributed by atoms with Gasteiger partial charge in [-0.3, -0.25) is 9.53 Å². The van der Waals surface area contributed by atoms with Gasteiger partial charge in [-0.15, -0.1) is 19.8 Å². The van der Waals surface area contributed by atoms with Crippen LogP contribution in [0.25, 0.3) is 0 Å². The molecule has 0 spiro atoms. The summed E-state index contributed by atoms with van der Waals surface area (Å²) in [4.78, 5) is 25.2. The van der Waals surface area contributed by atoms with Crippen LogP contribution in [-0.2, 0) is 9.53 Å². The lowest BCUT2D eigenvalue weighted by Crippen LogP contribution is -2.38. The molecule has 0 aromatic carbocycles. The van der Waals surface area contributed by atoms with E-state index in [4.69, 9.17) is 0 Å². The first kappa shape index (κ1) is 28.4. The Kier molecular flexibility index (Phi) is 10.8. The molecule has 1 saturated heterocycles. The van der Waals surface area contributed by atoms with Crippen molar-refractivity contribution in [3.05, 3.63) is 36.6 Å². The molecule has 0 radical (unpaired) electrons. The zero-order chi connectivity index (χ0) is 26.0. The van der Waals surface area contributed by atoms with E-state index in [9.17, 15) is 22.4 Å². The molecular formula is C23H32F4N6O2. The normalized spacial score (nSPS) is 17.6. The molecule has 0 aliphatic carbocycles. The quantitative estimate of drug-likeness (QED) is 0.240. The lowest BCUT2D eigenvalue weighted by molar-refractivity contribution is -0.337. The van der Waals surface area contributed by atoms with Crippen molar-refractivity contribution in [1.29, 1.82) is 0 Å². The van der Waals surface area contributed by atoms with Crippen LogP contribution in [0.2, 0.25) is 0 Å². The van der Waals surface area contributed by atoms with Crippen LogP contribution in [0, 0.1) is 12.8 Å². The van der Waals surface area contributed by atoms with Gasteiger partial charge in [0.15, 0.2) is 5.82 Å². The number of carbonyl (C=O) groups excluding carboxylic acids is 1.